The monoisotopic (exact) mass is 303 g/mol. The van der Waals surface area contributed by atoms with Crippen LogP contribution in [0.4, 0.5) is 24.8 Å². The number of pyridine rings is 1. The summed E-state index contributed by atoms with van der Waals surface area (Å²) in [6, 6.07) is 2.17. The van der Waals surface area contributed by atoms with Crippen LogP contribution in [0.1, 0.15) is 39.2 Å². The third-order valence-electron chi connectivity index (χ3n) is 3.73. The molecule has 0 radical (unpaired) electrons. The highest BCUT2D eigenvalue weighted by atomic mass is 19.4. The molecule has 1 aromatic heterocycles. The van der Waals surface area contributed by atoms with E-state index in [2.05, 4.69) is 24.1 Å². The van der Waals surface area contributed by atoms with Gasteiger partial charge in [-0.05, 0) is 25.0 Å². The summed E-state index contributed by atoms with van der Waals surface area (Å²) in [7, 11) is 1.57. The van der Waals surface area contributed by atoms with E-state index in [9.17, 15) is 13.2 Å². The molecule has 1 heterocycles. The Balaban J connectivity index is 3.13. The van der Waals surface area contributed by atoms with E-state index in [1.807, 2.05) is 11.8 Å². The zero-order valence-corrected chi connectivity index (χ0v) is 13.1. The predicted octanol–water partition coefficient (Wildman–Crippen LogP) is 4.40. The molecule has 0 aliphatic heterocycles. The zero-order chi connectivity index (χ0) is 16.0. The molecule has 0 aliphatic carbocycles. The van der Waals surface area contributed by atoms with Crippen molar-refractivity contribution in [2.45, 2.75) is 39.8 Å². The van der Waals surface area contributed by atoms with Crippen molar-refractivity contribution < 1.29 is 13.2 Å². The lowest BCUT2D eigenvalue weighted by molar-refractivity contribution is -0.137. The Morgan fingerprint density at radius 2 is 1.81 bits per heavy atom. The fraction of sp³-hybridized carbons (Fsp3) is 0.667. The van der Waals surface area contributed by atoms with Crippen LogP contribution in [0.25, 0.3) is 0 Å². The second kappa shape index (κ2) is 7.52. The predicted molar refractivity (Wildman–Crippen MR) is 80.7 cm³/mol. The van der Waals surface area contributed by atoms with Crippen molar-refractivity contribution in [3.63, 3.8) is 0 Å². The standard InChI is InChI=1S/C15H24F3N3/c1-5-11(6-2)10-21(7-3)14-9-12(15(16,17)18)8-13(19-4)20-14/h8-9,11H,5-7,10H2,1-4H3,(H,19,20). The summed E-state index contributed by atoms with van der Waals surface area (Å²) in [5.41, 5.74) is -0.667. The van der Waals surface area contributed by atoms with E-state index in [0.29, 0.717) is 18.3 Å². The first kappa shape index (κ1) is 17.6. The third kappa shape index (κ3) is 4.79. The first-order valence-corrected chi connectivity index (χ1v) is 7.37. The first-order chi connectivity index (χ1) is 9.85. The van der Waals surface area contributed by atoms with Crippen LogP contribution in [0.3, 0.4) is 0 Å². The van der Waals surface area contributed by atoms with Gasteiger partial charge in [-0.1, -0.05) is 26.7 Å². The van der Waals surface area contributed by atoms with Gasteiger partial charge in [0.25, 0.3) is 0 Å². The van der Waals surface area contributed by atoms with Gasteiger partial charge in [-0.25, -0.2) is 4.98 Å². The lowest BCUT2D eigenvalue weighted by Gasteiger charge is -2.27. The number of nitrogens with one attached hydrogen (secondary N) is 1. The molecule has 0 saturated carbocycles. The van der Waals surface area contributed by atoms with Gasteiger partial charge in [0.2, 0.25) is 0 Å². The lowest BCUT2D eigenvalue weighted by Crippen LogP contribution is -2.30. The molecule has 1 rings (SSSR count). The van der Waals surface area contributed by atoms with Crippen molar-refractivity contribution in [3.8, 4) is 0 Å². The molecule has 21 heavy (non-hydrogen) atoms. The van der Waals surface area contributed by atoms with Crippen LogP contribution < -0.4 is 10.2 Å². The number of rotatable bonds is 7. The lowest BCUT2D eigenvalue weighted by atomic mass is 10.0. The number of hydrogen-bond donors (Lipinski definition) is 1. The molecular weight excluding hydrogens is 279 g/mol. The maximum atomic E-state index is 13.0. The van der Waals surface area contributed by atoms with E-state index >= 15 is 0 Å². The second-order valence-electron chi connectivity index (χ2n) is 5.07. The summed E-state index contributed by atoms with van der Waals surface area (Å²) in [6.07, 6.45) is -2.35. The maximum Gasteiger partial charge on any atom is 0.416 e. The second-order valence-corrected chi connectivity index (χ2v) is 5.07. The summed E-state index contributed by atoms with van der Waals surface area (Å²) in [4.78, 5) is 6.18. The Labute approximate surface area is 124 Å². The molecule has 0 aromatic carbocycles. The molecule has 0 aliphatic rings. The van der Waals surface area contributed by atoms with Crippen molar-refractivity contribution in [3.05, 3.63) is 17.7 Å². The molecule has 3 nitrogen and oxygen atoms in total. The van der Waals surface area contributed by atoms with Gasteiger partial charge in [-0.2, -0.15) is 13.2 Å². The average molecular weight is 303 g/mol. The Kier molecular flexibility index (Phi) is 6.30. The molecule has 6 heteroatoms. The third-order valence-corrected chi connectivity index (χ3v) is 3.73. The van der Waals surface area contributed by atoms with Gasteiger partial charge in [-0.3, -0.25) is 0 Å². The minimum atomic E-state index is -4.36. The number of aromatic nitrogens is 1. The van der Waals surface area contributed by atoms with Crippen molar-refractivity contribution in [1.29, 1.82) is 0 Å². The van der Waals surface area contributed by atoms with E-state index in [0.717, 1.165) is 31.5 Å². The molecule has 1 aromatic rings. The van der Waals surface area contributed by atoms with E-state index < -0.39 is 11.7 Å². The van der Waals surface area contributed by atoms with Crippen molar-refractivity contribution in [1.82, 2.24) is 4.98 Å². The van der Waals surface area contributed by atoms with Crippen molar-refractivity contribution in [2.24, 2.45) is 5.92 Å². The minimum absolute atomic E-state index is 0.239. The van der Waals surface area contributed by atoms with Crippen molar-refractivity contribution >= 4 is 11.6 Å². The fourth-order valence-electron chi connectivity index (χ4n) is 2.21. The van der Waals surface area contributed by atoms with Crippen LogP contribution in [0, 0.1) is 5.92 Å². The van der Waals surface area contributed by atoms with Gasteiger partial charge in [0.15, 0.2) is 0 Å². The summed E-state index contributed by atoms with van der Waals surface area (Å²) in [5.74, 6) is 1.07. The van der Waals surface area contributed by atoms with Gasteiger partial charge in [-0.15, -0.1) is 0 Å². The highest BCUT2D eigenvalue weighted by Gasteiger charge is 2.32. The first-order valence-electron chi connectivity index (χ1n) is 7.37. The van der Waals surface area contributed by atoms with Gasteiger partial charge in [0.05, 0.1) is 5.56 Å². The Bertz CT molecular complexity index is 442. The van der Waals surface area contributed by atoms with Gasteiger partial charge >= 0.3 is 6.18 Å². The topological polar surface area (TPSA) is 28.2 Å². The van der Waals surface area contributed by atoms with Crippen LogP contribution in [0.2, 0.25) is 0 Å². The van der Waals surface area contributed by atoms with Crippen LogP contribution in [-0.4, -0.2) is 25.1 Å². The molecule has 0 fully saturated rings. The molecule has 0 bridgehead atoms. The molecule has 0 atom stereocenters. The zero-order valence-electron chi connectivity index (χ0n) is 13.1. The largest absolute Gasteiger partial charge is 0.416 e. The van der Waals surface area contributed by atoms with Crippen LogP contribution in [-0.2, 0) is 6.18 Å². The molecule has 0 amide bonds. The van der Waals surface area contributed by atoms with E-state index in [-0.39, 0.29) is 5.82 Å². The molecule has 120 valence electrons. The number of anilines is 2. The molecule has 0 unspecified atom stereocenters. The van der Waals surface area contributed by atoms with Crippen molar-refractivity contribution in [2.75, 3.05) is 30.4 Å². The summed E-state index contributed by atoms with van der Waals surface area (Å²) < 4.78 is 38.9. The van der Waals surface area contributed by atoms with Crippen LogP contribution >= 0.6 is 0 Å². The average Bonchev–Trinajstić information content (AvgIpc) is 2.47. The summed E-state index contributed by atoms with van der Waals surface area (Å²) in [6.45, 7) is 7.49. The van der Waals surface area contributed by atoms with Gasteiger partial charge in [0.1, 0.15) is 11.6 Å². The molecule has 0 saturated heterocycles. The number of hydrogen-bond acceptors (Lipinski definition) is 3. The van der Waals surface area contributed by atoms with E-state index in [1.54, 1.807) is 7.05 Å². The minimum Gasteiger partial charge on any atom is -0.373 e. The number of halogens is 3. The Hall–Kier alpha value is -1.46. The van der Waals surface area contributed by atoms with E-state index in [4.69, 9.17) is 0 Å². The highest BCUT2D eigenvalue weighted by molar-refractivity contribution is 5.51. The van der Waals surface area contributed by atoms with Gasteiger partial charge in [0, 0.05) is 20.1 Å². The highest BCUT2D eigenvalue weighted by Crippen LogP contribution is 2.33. The molecular formula is C15H24F3N3. The number of alkyl halides is 3. The summed E-state index contributed by atoms with van der Waals surface area (Å²) >= 11 is 0. The quantitative estimate of drug-likeness (QED) is 0.809. The van der Waals surface area contributed by atoms with Gasteiger partial charge < -0.3 is 10.2 Å². The van der Waals surface area contributed by atoms with Crippen LogP contribution in [0.15, 0.2) is 12.1 Å². The molecule has 0 spiro atoms. The summed E-state index contributed by atoms with van der Waals surface area (Å²) in [5, 5.41) is 2.70. The number of nitrogens with zero attached hydrogens (tertiary/aromatic N) is 2. The van der Waals surface area contributed by atoms with Crippen LogP contribution in [0.5, 0.6) is 0 Å². The smallest absolute Gasteiger partial charge is 0.373 e. The molecule has 1 N–H and O–H groups in total. The fourth-order valence-corrected chi connectivity index (χ4v) is 2.21. The Morgan fingerprint density at radius 1 is 1.19 bits per heavy atom. The SMILES string of the molecule is CCC(CC)CN(CC)c1cc(C(F)(F)F)cc(NC)n1. The normalized spacial score (nSPS) is 11.8. The van der Waals surface area contributed by atoms with E-state index in [1.165, 1.54) is 0 Å². The Morgan fingerprint density at radius 3 is 2.24 bits per heavy atom. The maximum absolute atomic E-state index is 13.0.